The van der Waals surface area contributed by atoms with Crippen LogP contribution in [-0.2, 0) is 54.8 Å². The van der Waals surface area contributed by atoms with Crippen molar-refractivity contribution in [2.45, 2.75) is 26.4 Å². The van der Waals surface area contributed by atoms with E-state index in [2.05, 4.69) is 311 Å². The molecule has 0 fully saturated rings. The second kappa shape index (κ2) is 36.8. The molecule has 0 heterocycles. The second-order valence-corrected chi connectivity index (χ2v) is 24.6. The summed E-state index contributed by atoms with van der Waals surface area (Å²) in [5.41, 5.74) is 17.1. The molecule has 0 unspecified atom stereocenters. The maximum atomic E-state index is 10.8. The van der Waals surface area contributed by atoms with Gasteiger partial charge in [-0.05, 0) is 168 Å². The molecule has 0 aliphatic carbocycles. The Morgan fingerprint density at radius 2 is 0.333 bits per heavy atom. The number of para-hydroxylation sites is 8. The summed E-state index contributed by atoms with van der Waals surface area (Å²) in [5, 5.41) is 10.8. The fourth-order valence-corrected chi connectivity index (χ4v) is 12.0. The molecule has 0 saturated carbocycles. The molecule has 0 amide bonds. The van der Waals surface area contributed by atoms with E-state index in [9.17, 15) is 5.11 Å². The molecule has 0 aliphatic rings. The Kier molecular flexibility index (Phi) is 25.4. The molecule has 11 heteroatoms. The van der Waals surface area contributed by atoms with Crippen LogP contribution in [0.1, 0.15) is 22.3 Å². The predicted molar refractivity (Wildman–Crippen MR) is 402 cm³/mol. The molecular weight excluding hydrogens is 1220 g/mol. The highest BCUT2D eigenvalue weighted by Crippen LogP contribution is 2.39. The number of anilines is 12. The first kappa shape index (κ1) is 68.5. The average Bonchev–Trinajstić information content (AvgIpc) is 0.916. The van der Waals surface area contributed by atoms with Gasteiger partial charge in [0.2, 0.25) is 0 Å². The summed E-state index contributed by atoms with van der Waals surface area (Å²) in [6, 6.07) is 117. The van der Waals surface area contributed by atoms with E-state index >= 15 is 0 Å². The van der Waals surface area contributed by atoms with Gasteiger partial charge in [0.15, 0.2) is 0 Å². The lowest BCUT2D eigenvalue weighted by Crippen LogP contribution is -2.28. The lowest BCUT2D eigenvalue weighted by atomic mass is 10.1. The van der Waals surface area contributed by atoms with Gasteiger partial charge in [0.05, 0.1) is 85.9 Å². The number of aliphatic hydroxyl groups excluding tert-OH is 1. The summed E-state index contributed by atoms with van der Waals surface area (Å²) < 4.78 is 38.9. The molecule has 500 valence electrons. The van der Waals surface area contributed by atoms with E-state index < -0.39 is 0 Å². The van der Waals surface area contributed by atoms with Gasteiger partial charge in [-0.15, -0.1) is 0 Å². The van der Waals surface area contributed by atoms with Crippen LogP contribution in [0.15, 0.2) is 340 Å². The van der Waals surface area contributed by atoms with Crippen molar-refractivity contribution in [3.05, 3.63) is 362 Å². The molecule has 0 radical (unpaired) electrons. The molecule has 12 aromatic rings. The Morgan fingerprint density at radius 3 is 0.505 bits per heavy atom. The SMILES string of the molecule is OCC(COCC(COCc1ccc(N(c2ccccc2)c2ccccc2)cc1)COCc1ccc(N(c2ccccc2)c2ccccc2)cc1)COCC(COCc1ccc(N(c2ccccc2)c2ccccc2)cc1)COCc1ccc(N(c2ccccc2)c2ccccc2)cc1. The Balaban J connectivity index is 0.682. The van der Waals surface area contributed by atoms with Crippen LogP contribution in [0.4, 0.5) is 68.2 Å². The summed E-state index contributed by atoms with van der Waals surface area (Å²) >= 11 is 0. The van der Waals surface area contributed by atoms with E-state index in [-0.39, 0.29) is 37.6 Å². The number of hydrogen-bond donors (Lipinski definition) is 1. The first-order chi connectivity index (χ1) is 49.1. The smallest absolute Gasteiger partial charge is 0.0717 e. The van der Waals surface area contributed by atoms with Crippen molar-refractivity contribution in [1.29, 1.82) is 0 Å². The second-order valence-electron chi connectivity index (χ2n) is 24.6. The zero-order valence-corrected chi connectivity index (χ0v) is 55.9. The number of rotatable bonds is 37. The predicted octanol–water partition coefficient (Wildman–Crippen LogP) is 20.6. The van der Waals surface area contributed by atoms with Crippen LogP contribution in [0.25, 0.3) is 0 Å². The van der Waals surface area contributed by atoms with Crippen LogP contribution in [-0.4, -0.2) is 64.6 Å². The van der Waals surface area contributed by atoms with Gasteiger partial charge >= 0.3 is 0 Å². The standard InChI is InChI=1S/C88H86N4O7/c93-57-74(62-98-68-75(64-94-58-70-41-49-85(50-42-70)89(77-25-9-1-10-26-77)78-27-11-2-12-28-78)65-95-59-71-43-51-86(52-44-71)90(79-29-13-3-14-30-79)80-31-15-4-16-32-80)63-99-69-76(66-96-60-72-45-53-87(54-46-72)91(81-33-17-5-18-34-81)82-35-19-6-20-36-82)67-97-61-73-47-55-88(56-48-73)92(83-37-21-7-22-38-83)84-39-23-8-24-40-84/h1-56,74-76,93H,57-69H2. The minimum atomic E-state index is -0.278. The lowest BCUT2D eigenvalue weighted by molar-refractivity contribution is -0.0480. The highest BCUT2D eigenvalue weighted by atomic mass is 16.5. The van der Waals surface area contributed by atoms with Gasteiger partial charge in [0.25, 0.3) is 0 Å². The fraction of sp³-hybridized carbons (Fsp3) is 0.182. The molecule has 11 nitrogen and oxygen atoms in total. The summed E-state index contributed by atoms with van der Waals surface area (Å²) in [4.78, 5) is 9.00. The largest absolute Gasteiger partial charge is 0.396 e. The first-order valence-electron chi connectivity index (χ1n) is 34.1. The summed E-state index contributed by atoms with van der Waals surface area (Å²) in [5.74, 6) is -0.488. The van der Waals surface area contributed by atoms with Crippen molar-refractivity contribution in [2.75, 3.05) is 79.1 Å². The summed E-state index contributed by atoms with van der Waals surface area (Å²) in [6.07, 6.45) is 0. The van der Waals surface area contributed by atoms with Crippen molar-refractivity contribution in [1.82, 2.24) is 0 Å². The van der Waals surface area contributed by atoms with Crippen molar-refractivity contribution < 1.29 is 33.5 Å². The van der Waals surface area contributed by atoms with E-state index in [1.54, 1.807) is 0 Å². The minimum absolute atomic E-state index is 0.105. The third kappa shape index (κ3) is 19.9. The first-order valence-corrected chi connectivity index (χ1v) is 34.1. The number of hydrogen-bond acceptors (Lipinski definition) is 11. The molecular formula is C88H86N4O7. The molecule has 1 N–H and O–H groups in total. The van der Waals surface area contributed by atoms with Crippen LogP contribution < -0.4 is 19.6 Å². The zero-order valence-electron chi connectivity index (χ0n) is 55.9. The van der Waals surface area contributed by atoms with Crippen molar-refractivity contribution in [3.63, 3.8) is 0 Å². The molecule has 12 aromatic carbocycles. The number of aliphatic hydroxyl groups is 1. The molecule has 0 saturated heterocycles. The van der Waals surface area contributed by atoms with Crippen molar-refractivity contribution >= 4 is 68.2 Å². The molecule has 99 heavy (non-hydrogen) atoms. The van der Waals surface area contributed by atoms with E-state index in [1.165, 1.54) is 0 Å². The van der Waals surface area contributed by atoms with E-state index in [1.807, 2.05) is 48.5 Å². The van der Waals surface area contributed by atoms with Gasteiger partial charge in [-0.3, -0.25) is 0 Å². The Hall–Kier alpha value is -10.4. The van der Waals surface area contributed by atoms with Gasteiger partial charge in [-0.1, -0.05) is 194 Å². The normalized spacial score (nSPS) is 11.3. The minimum Gasteiger partial charge on any atom is -0.396 e. The van der Waals surface area contributed by atoms with Gasteiger partial charge < -0.3 is 53.1 Å². The van der Waals surface area contributed by atoms with Crippen LogP contribution in [0.2, 0.25) is 0 Å². The monoisotopic (exact) mass is 1310 g/mol. The van der Waals surface area contributed by atoms with E-state index in [4.69, 9.17) is 28.4 Å². The quantitative estimate of drug-likeness (QED) is 0.0404. The van der Waals surface area contributed by atoms with Crippen LogP contribution in [0.3, 0.4) is 0 Å². The highest BCUT2D eigenvalue weighted by Gasteiger charge is 2.20. The van der Waals surface area contributed by atoms with Crippen LogP contribution in [0.5, 0.6) is 0 Å². The van der Waals surface area contributed by atoms with Gasteiger partial charge in [-0.2, -0.15) is 0 Å². The van der Waals surface area contributed by atoms with Crippen molar-refractivity contribution in [2.24, 2.45) is 17.8 Å². The molecule has 12 rings (SSSR count). The number of benzene rings is 12. The van der Waals surface area contributed by atoms with Gasteiger partial charge in [0, 0.05) is 86.0 Å². The highest BCUT2D eigenvalue weighted by molar-refractivity contribution is 5.80. The fourth-order valence-electron chi connectivity index (χ4n) is 12.0. The van der Waals surface area contributed by atoms with Crippen LogP contribution in [0, 0.1) is 17.8 Å². The summed E-state index contributed by atoms with van der Waals surface area (Å²) in [6.45, 7) is 4.46. The van der Waals surface area contributed by atoms with E-state index in [0.29, 0.717) is 66.1 Å². The zero-order chi connectivity index (χ0) is 67.3. The van der Waals surface area contributed by atoms with Crippen LogP contribution >= 0.6 is 0 Å². The maximum absolute atomic E-state index is 10.8. The number of ether oxygens (including phenoxy) is 6. The third-order valence-electron chi connectivity index (χ3n) is 17.1. The molecule has 0 atom stereocenters. The lowest BCUT2D eigenvalue weighted by Gasteiger charge is -2.25. The Labute approximate surface area is 583 Å². The molecule has 0 spiro atoms. The van der Waals surface area contributed by atoms with Gasteiger partial charge in [0.1, 0.15) is 0 Å². The van der Waals surface area contributed by atoms with Gasteiger partial charge in [-0.25, -0.2) is 0 Å². The number of nitrogens with zero attached hydrogens (tertiary/aromatic N) is 4. The van der Waals surface area contributed by atoms with Crippen molar-refractivity contribution in [3.8, 4) is 0 Å². The Morgan fingerprint density at radius 1 is 0.182 bits per heavy atom. The Bertz CT molecular complexity index is 3490. The molecule has 0 aromatic heterocycles. The third-order valence-corrected chi connectivity index (χ3v) is 17.1. The molecule has 0 aliphatic heterocycles. The topological polar surface area (TPSA) is 88.6 Å². The summed E-state index contributed by atoms with van der Waals surface area (Å²) in [7, 11) is 0. The maximum Gasteiger partial charge on any atom is 0.0717 e. The molecule has 0 bridgehead atoms. The average molecular weight is 1310 g/mol. The van der Waals surface area contributed by atoms with E-state index in [0.717, 1.165) is 90.5 Å².